The van der Waals surface area contributed by atoms with E-state index in [1.807, 2.05) is 0 Å². The number of hydrogen-bond donors (Lipinski definition) is 1. The molecule has 1 N–H and O–H groups in total. The lowest BCUT2D eigenvalue weighted by atomic mass is 10.1. The summed E-state index contributed by atoms with van der Waals surface area (Å²) in [5.74, 6) is 0.555. The SMILES string of the molecule is COc1ccc(Cl)cc1CC(=O)N(C)CCO. The number of rotatable bonds is 5. The van der Waals surface area contributed by atoms with Gasteiger partial charge in [-0.15, -0.1) is 0 Å². The molecule has 17 heavy (non-hydrogen) atoms. The zero-order valence-corrected chi connectivity index (χ0v) is 10.7. The number of likely N-dealkylation sites (N-methyl/N-ethyl adjacent to an activating group) is 1. The van der Waals surface area contributed by atoms with Crippen molar-refractivity contribution in [1.29, 1.82) is 0 Å². The fraction of sp³-hybridized carbons (Fsp3) is 0.417. The largest absolute Gasteiger partial charge is 0.496 e. The van der Waals surface area contributed by atoms with Gasteiger partial charge in [-0.2, -0.15) is 0 Å². The summed E-state index contributed by atoms with van der Waals surface area (Å²) in [5, 5.41) is 9.32. The summed E-state index contributed by atoms with van der Waals surface area (Å²) in [4.78, 5) is 13.3. The Morgan fingerprint density at radius 1 is 1.53 bits per heavy atom. The van der Waals surface area contributed by atoms with Crippen LogP contribution in [0.3, 0.4) is 0 Å². The zero-order chi connectivity index (χ0) is 12.8. The number of amides is 1. The van der Waals surface area contributed by atoms with E-state index in [0.29, 0.717) is 17.3 Å². The molecule has 0 saturated carbocycles. The topological polar surface area (TPSA) is 49.8 Å². The first-order valence-electron chi connectivity index (χ1n) is 5.25. The van der Waals surface area contributed by atoms with Crippen molar-refractivity contribution >= 4 is 17.5 Å². The number of carbonyl (C=O) groups excluding carboxylic acids is 1. The fourth-order valence-corrected chi connectivity index (χ4v) is 1.65. The molecule has 94 valence electrons. The van der Waals surface area contributed by atoms with Crippen molar-refractivity contribution in [3.8, 4) is 5.75 Å². The summed E-state index contributed by atoms with van der Waals surface area (Å²) >= 11 is 5.88. The highest BCUT2D eigenvalue weighted by Crippen LogP contribution is 2.23. The molecule has 0 aliphatic carbocycles. The number of benzene rings is 1. The Morgan fingerprint density at radius 3 is 2.82 bits per heavy atom. The van der Waals surface area contributed by atoms with E-state index in [1.165, 1.54) is 4.90 Å². The molecule has 5 heteroatoms. The highest BCUT2D eigenvalue weighted by molar-refractivity contribution is 6.30. The van der Waals surface area contributed by atoms with Crippen LogP contribution in [0.4, 0.5) is 0 Å². The molecule has 0 aliphatic heterocycles. The number of ether oxygens (including phenoxy) is 1. The Kier molecular flexibility index (Phi) is 5.25. The lowest BCUT2D eigenvalue weighted by molar-refractivity contribution is -0.129. The molecule has 4 nitrogen and oxygen atoms in total. The highest BCUT2D eigenvalue weighted by atomic mass is 35.5. The molecule has 0 unspecified atom stereocenters. The van der Waals surface area contributed by atoms with Gasteiger partial charge >= 0.3 is 0 Å². The zero-order valence-electron chi connectivity index (χ0n) is 9.94. The van der Waals surface area contributed by atoms with Gasteiger partial charge in [-0.05, 0) is 18.2 Å². The van der Waals surface area contributed by atoms with Gasteiger partial charge in [0.05, 0.1) is 20.1 Å². The van der Waals surface area contributed by atoms with Gasteiger partial charge in [-0.1, -0.05) is 11.6 Å². The van der Waals surface area contributed by atoms with Gasteiger partial charge in [0.25, 0.3) is 0 Å². The molecule has 0 bridgehead atoms. The minimum absolute atomic E-state index is 0.0467. The molecular formula is C12H16ClNO3. The molecule has 0 atom stereocenters. The second-order valence-electron chi connectivity index (χ2n) is 3.67. The van der Waals surface area contributed by atoms with Crippen LogP contribution in [0, 0.1) is 0 Å². The number of aliphatic hydroxyl groups excluding tert-OH is 1. The normalized spacial score (nSPS) is 10.1. The molecular weight excluding hydrogens is 242 g/mol. The van der Waals surface area contributed by atoms with Gasteiger partial charge in [0.2, 0.25) is 5.91 Å². The number of aliphatic hydroxyl groups is 1. The number of methoxy groups -OCH3 is 1. The summed E-state index contributed by atoms with van der Waals surface area (Å²) in [5.41, 5.74) is 0.745. The molecule has 1 amide bonds. The first-order valence-corrected chi connectivity index (χ1v) is 5.63. The third kappa shape index (κ3) is 3.91. The third-order valence-corrected chi connectivity index (χ3v) is 2.68. The Bertz CT molecular complexity index is 395. The third-order valence-electron chi connectivity index (χ3n) is 2.45. The summed E-state index contributed by atoms with van der Waals surface area (Å²) in [6.45, 7) is 0.274. The van der Waals surface area contributed by atoms with Gasteiger partial charge in [0, 0.05) is 24.2 Å². The average Bonchev–Trinajstić information content (AvgIpc) is 2.29. The van der Waals surface area contributed by atoms with Crippen molar-refractivity contribution in [2.45, 2.75) is 6.42 Å². The molecule has 0 heterocycles. The predicted octanol–water partition coefficient (Wildman–Crippen LogP) is 1.34. The summed E-state index contributed by atoms with van der Waals surface area (Å²) in [7, 11) is 3.20. The number of halogens is 1. The van der Waals surface area contributed by atoms with Crippen LogP contribution in [0.25, 0.3) is 0 Å². The standard InChI is InChI=1S/C12H16ClNO3/c1-14(5-6-15)12(16)8-9-7-10(13)3-4-11(9)17-2/h3-4,7,15H,5-6,8H2,1-2H3. The monoisotopic (exact) mass is 257 g/mol. The summed E-state index contributed by atoms with van der Waals surface area (Å²) in [6, 6.07) is 5.16. The Balaban J connectivity index is 2.79. The quantitative estimate of drug-likeness (QED) is 0.866. The van der Waals surface area contributed by atoms with Crippen LogP contribution in [0.15, 0.2) is 18.2 Å². The Morgan fingerprint density at radius 2 is 2.24 bits per heavy atom. The first-order chi connectivity index (χ1) is 8.08. The maximum atomic E-state index is 11.8. The van der Waals surface area contributed by atoms with E-state index in [1.54, 1.807) is 32.4 Å². The van der Waals surface area contributed by atoms with E-state index in [4.69, 9.17) is 21.4 Å². The van der Waals surface area contributed by atoms with Crippen molar-refractivity contribution < 1.29 is 14.6 Å². The highest BCUT2D eigenvalue weighted by Gasteiger charge is 2.12. The Labute approximate surface area is 106 Å². The smallest absolute Gasteiger partial charge is 0.226 e. The van der Waals surface area contributed by atoms with Crippen LogP contribution in [0.2, 0.25) is 5.02 Å². The van der Waals surface area contributed by atoms with Crippen LogP contribution < -0.4 is 4.74 Å². The number of nitrogens with zero attached hydrogens (tertiary/aromatic N) is 1. The molecule has 1 aromatic rings. The molecule has 0 spiro atoms. The molecule has 0 radical (unpaired) electrons. The van der Waals surface area contributed by atoms with Crippen LogP contribution in [0.1, 0.15) is 5.56 Å². The van der Waals surface area contributed by atoms with Crippen molar-refractivity contribution in [3.05, 3.63) is 28.8 Å². The minimum Gasteiger partial charge on any atom is -0.496 e. The second kappa shape index (κ2) is 6.47. The van der Waals surface area contributed by atoms with Crippen molar-refractivity contribution in [1.82, 2.24) is 4.90 Å². The van der Waals surface area contributed by atoms with Crippen LogP contribution in [-0.4, -0.2) is 43.2 Å². The van der Waals surface area contributed by atoms with Crippen molar-refractivity contribution in [3.63, 3.8) is 0 Å². The molecule has 0 aromatic heterocycles. The van der Waals surface area contributed by atoms with E-state index >= 15 is 0 Å². The van der Waals surface area contributed by atoms with Crippen LogP contribution in [-0.2, 0) is 11.2 Å². The summed E-state index contributed by atoms with van der Waals surface area (Å²) in [6.07, 6.45) is 0.209. The van der Waals surface area contributed by atoms with Gasteiger partial charge in [0.15, 0.2) is 0 Å². The maximum absolute atomic E-state index is 11.8. The summed E-state index contributed by atoms with van der Waals surface area (Å²) < 4.78 is 5.16. The number of carbonyl (C=O) groups is 1. The van der Waals surface area contributed by atoms with Crippen molar-refractivity contribution in [2.75, 3.05) is 27.3 Å². The molecule has 1 aromatic carbocycles. The maximum Gasteiger partial charge on any atom is 0.226 e. The predicted molar refractivity (Wildman–Crippen MR) is 66.4 cm³/mol. The van der Waals surface area contributed by atoms with Crippen molar-refractivity contribution in [2.24, 2.45) is 0 Å². The van der Waals surface area contributed by atoms with Gasteiger partial charge < -0.3 is 14.7 Å². The first kappa shape index (κ1) is 13.8. The number of hydrogen-bond acceptors (Lipinski definition) is 3. The van der Waals surface area contributed by atoms with Crippen LogP contribution in [0.5, 0.6) is 5.75 Å². The molecule has 1 rings (SSSR count). The van der Waals surface area contributed by atoms with E-state index in [0.717, 1.165) is 5.56 Å². The van der Waals surface area contributed by atoms with Crippen LogP contribution >= 0.6 is 11.6 Å². The lowest BCUT2D eigenvalue weighted by Crippen LogP contribution is -2.30. The van der Waals surface area contributed by atoms with E-state index in [-0.39, 0.29) is 18.9 Å². The lowest BCUT2D eigenvalue weighted by Gasteiger charge is -2.16. The average molecular weight is 258 g/mol. The molecule has 0 fully saturated rings. The van der Waals surface area contributed by atoms with E-state index in [2.05, 4.69) is 0 Å². The second-order valence-corrected chi connectivity index (χ2v) is 4.11. The van der Waals surface area contributed by atoms with E-state index in [9.17, 15) is 4.79 Å². The van der Waals surface area contributed by atoms with E-state index < -0.39 is 0 Å². The molecule has 0 saturated heterocycles. The van der Waals surface area contributed by atoms with Gasteiger partial charge in [-0.25, -0.2) is 0 Å². The Hall–Kier alpha value is -1.26. The minimum atomic E-state index is -0.0837. The molecule has 0 aliphatic rings. The van der Waals surface area contributed by atoms with Gasteiger partial charge in [0.1, 0.15) is 5.75 Å². The fourth-order valence-electron chi connectivity index (χ4n) is 1.46. The van der Waals surface area contributed by atoms with Gasteiger partial charge in [-0.3, -0.25) is 4.79 Å².